The fourth-order valence-corrected chi connectivity index (χ4v) is 2.97. The van der Waals surface area contributed by atoms with Gasteiger partial charge in [-0.1, -0.05) is 46.3 Å². The number of methoxy groups -OCH3 is 1. The molecule has 0 radical (unpaired) electrons. The summed E-state index contributed by atoms with van der Waals surface area (Å²) in [5.74, 6) is -0.351. The van der Waals surface area contributed by atoms with Crippen molar-refractivity contribution in [2.24, 2.45) is 0 Å². The quantitative estimate of drug-likeness (QED) is 0.627. The second kappa shape index (κ2) is 8.09. The van der Waals surface area contributed by atoms with Crippen LogP contribution in [-0.4, -0.2) is 23.0 Å². The van der Waals surface area contributed by atoms with Gasteiger partial charge in [-0.05, 0) is 23.8 Å². The Morgan fingerprint density at radius 3 is 2.60 bits per heavy atom. The first-order valence-electron chi connectivity index (χ1n) is 7.70. The largest absolute Gasteiger partial charge is 0.465 e. The first-order valence-corrected chi connectivity index (χ1v) is 8.50. The molecule has 5 nitrogen and oxygen atoms in total. The molecule has 0 bridgehead atoms. The molecule has 0 amide bonds. The number of aromatic amines is 1. The fourth-order valence-electron chi connectivity index (χ4n) is 2.48. The number of carbonyl (C=O) groups is 1. The first-order chi connectivity index (χ1) is 12.2. The third-order valence-electron chi connectivity index (χ3n) is 3.78. The van der Waals surface area contributed by atoms with Gasteiger partial charge in [0.15, 0.2) is 0 Å². The molecule has 1 aromatic heterocycles. The van der Waals surface area contributed by atoms with Crippen LogP contribution >= 0.6 is 15.9 Å². The molecule has 3 rings (SSSR count). The minimum absolute atomic E-state index is 0.279. The Morgan fingerprint density at radius 2 is 1.96 bits per heavy atom. The number of carbonyl (C=O) groups excluding carboxylic acids is 1. The van der Waals surface area contributed by atoms with E-state index in [1.807, 2.05) is 36.4 Å². The lowest BCUT2D eigenvalue weighted by Gasteiger charge is -2.18. The number of rotatable bonds is 6. The van der Waals surface area contributed by atoms with Crippen molar-refractivity contribution in [3.63, 3.8) is 0 Å². The van der Waals surface area contributed by atoms with E-state index in [-0.39, 0.29) is 12.1 Å². The minimum atomic E-state index is -0.351. The Kier molecular flexibility index (Phi) is 5.63. The van der Waals surface area contributed by atoms with Gasteiger partial charge < -0.3 is 14.5 Å². The Labute approximate surface area is 154 Å². The highest BCUT2D eigenvalue weighted by molar-refractivity contribution is 9.10. The predicted octanol–water partition coefficient (Wildman–Crippen LogP) is 4.27. The second-order valence-corrected chi connectivity index (χ2v) is 6.26. The van der Waals surface area contributed by atoms with Crippen LogP contribution < -0.4 is 0 Å². The Balaban J connectivity index is 1.78. The Hall–Kier alpha value is -2.44. The lowest BCUT2D eigenvalue weighted by Crippen LogP contribution is -2.08. The summed E-state index contributed by atoms with van der Waals surface area (Å²) in [7, 11) is 1.37. The molecule has 2 aromatic carbocycles. The van der Waals surface area contributed by atoms with Gasteiger partial charge in [-0.25, -0.2) is 9.78 Å². The van der Waals surface area contributed by atoms with Crippen molar-refractivity contribution in [1.29, 1.82) is 0 Å². The number of nitrogens with zero attached hydrogens (tertiary/aromatic N) is 1. The summed E-state index contributed by atoms with van der Waals surface area (Å²) in [6, 6.07) is 15.1. The number of benzene rings is 2. The maximum Gasteiger partial charge on any atom is 0.337 e. The van der Waals surface area contributed by atoms with Crippen LogP contribution in [0.5, 0.6) is 0 Å². The standard InChI is InChI=1S/C19H17BrN2O3/c1-24-19(23)14-8-6-13(7-9-14)11-25-18(17-10-21-12-22-17)15-4-2-3-5-16(15)20/h2-10,12,18H,11H2,1H3,(H,21,22). The third kappa shape index (κ3) is 4.15. The summed E-state index contributed by atoms with van der Waals surface area (Å²) < 4.78 is 11.8. The summed E-state index contributed by atoms with van der Waals surface area (Å²) >= 11 is 3.58. The molecule has 1 N–H and O–H groups in total. The van der Waals surface area contributed by atoms with Gasteiger partial charge in [0, 0.05) is 10.0 Å². The summed E-state index contributed by atoms with van der Waals surface area (Å²) in [6.07, 6.45) is 3.11. The van der Waals surface area contributed by atoms with Crippen molar-refractivity contribution in [2.45, 2.75) is 12.7 Å². The average Bonchev–Trinajstić information content (AvgIpc) is 3.17. The topological polar surface area (TPSA) is 64.2 Å². The fraction of sp³-hybridized carbons (Fsp3) is 0.158. The number of imidazole rings is 1. The zero-order chi connectivity index (χ0) is 17.6. The zero-order valence-electron chi connectivity index (χ0n) is 13.6. The molecule has 0 aliphatic carbocycles. The third-order valence-corrected chi connectivity index (χ3v) is 4.50. The molecular formula is C19H17BrN2O3. The van der Waals surface area contributed by atoms with Crippen LogP contribution in [0.2, 0.25) is 0 Å². The molecule has 1 unspecified atom stereocenters. The van der Waals surface area contributed by atoms with E-state index >= 15 is 0 Å². The van der Waals surface area contributed by atoms with E-state index in [4.69, 9.17) is 9.47 Å². The molecule has 25 heavy (non-hydrogen) atoms. The molecule has 0 saturated heterocycles. The summed E-state index contributed by atoms with van der Waals surface area (Å²) in [6.45, 7) is 0.395. The SMILES string of the molecule is COC(=O)c1ccc(COC(c2cnc[nH]2)c2ccccc2Br)cc1. The van der Waals surface area contributed by atoms with Crippen LogP contribution in [0.25, 0.3) is 0 Å². The van der Waals surface area contributed by atoms with E-state index in [2.05, 4.69) is 25.9 Å². The number of esters is 1. The molecule has 0 saturated carbocycles. The molecule has 0 spiro atoms. The Morgan fingerprint density at radius 1 is 1.20 bits per heavy atom. The van der Waals surface area contributed by atoms with Gasteiger partial charge in [0.25, 0.3) is 0 Å². The first kappa shape index (κ1) is 17.4. The van der Waals surface area contributed by atoms with Crippen molar-refractivity contribution < 1.29 is 14.3 Å². The van der Waals surface area contributed by atoms with Crippen LogP contribution in [0.4, 0.5) is 0 Å². The number of H-pyrrole nitrogens is 1. The predicted molar refractivity (Wildman–Crippen MR) is 97.1 cm³/mol. The lowest BCUT2D eigenvalue weighted by atomic mass is 10.1. The molecule has 6 heteroatoms. The molecule has 0 aliphatic rings. The van der Waals surface area contributed by atoms with Gasteiger partial charge >= 0.3 is 5.97 Å². The van der Waals surface area contributed by atoms with E-state index in [1.165, 1.54) is 7.11 Å². The average molecular weight is 401 g/mol. The maximum atomic E-state index is 11.5. The van der Waals surface area contributed by atoms with Gasteiger partial charge in [0.2, 0.25) is 0 Å². The van der Waals surface area contributed by atoms with Crippen molar-refractivity contribution in [3.05, 3.63) is 87.9 Å². The molecule has 0 fully saturated rings. The zero-order valence-corrected chi connectivity index (χ0v) is 15.2. The molecule has 1 heterocycles. The highest BCUT2D eigenvalue weighted by Crippen LogP contribution is 2.31. The van der Waals surface area contributed by atoms with Gasteiger partial charge in [-0.15, -0.1) is 0 Å². The van der Waals surface area contributed by atoms with Gasteiger partial charge in [0.1, 0.15) is 6.10 Å². The van der Waals surface area contributed by atoms with Crippen LogP contribution in [-0.2, 0) is 16.1 Å². The Bertz CT molecular complexity index is 832. The van der Waals surface area contributed by atoms with E-state index in [9.17, 15) is 4.79 Å². The monoisotopic (exact) mass is 400 g/mol. The number of hydrogen-bond donors (Lipinski definition) is 1. The molecular weight excluding hydrogens is 384 g/mol. The lowest BCUT2D eigenvalue weighted by molar-refractivity contribution is 0.0597. The summed E-state index contributed by atoms with van der Waals surface area (Å²) in [5, 5.41) is 0. The van der Waals surface area contributed by atoms with Gasteiger partial charge in [-0.3, -0.25) is 0 Å². The summed E-state index contributed by atoms with van der Waals surface area (Å²) in [4.78, 5) is 18.7. The number of nitrogens with one attached hydrogen (secondary N) is 1. The van der Waals surface area contributed by atoms with Crippen LogP contribution in [0.1, 0.15) is 33.3 Å². The van der Waals surface area contributed by atoms with Crippen molar-refractivity contribution in [3.8, 4) is 0 Å². The van der Waals surface area contributed by atoms with Crippen molar-refractivity contribution in [2.75, 3.05) is 7.11 Å². The van der Waals surface area contributed by atoms with E-state index in [0.717, 1.165) is 21.3 Å². The van der Waals surface area contributed by atoms with Crippen LogP contribution in [0.3, 0.4) is 0 Å². The highest BCUT2D eigenvalue weighted by atomic mass is 79.9. The van der Waals surface area contributed by atoms with Crippen molar-refractivity contribution >= 4 is 21.9 Å². The van der Waals surface area contributed by atoms with E-state index < -0.39 is 0 Å². The highest BCUT2D eigenvalue weighted by Gasteiger charge is 2.19. The van der Waals surface area contributed by atoms with E-state index in [0.29, 0.717) is 12.2 Å². The molecule has 128 valence electrons. The number of halogens is 1. The molecule has 3 aromatic rings. The van der Waals surface area contributed by atoms with Gasteiger partial charge in [0.05, 0.1) is 37.5 Å². The number of ether oxygens (including phenoxy) is 2. The van der Waals surface area contributed by atoms with Crippen LogP contribution in [0.15, 0.2) is 65.5 Å². The van der Waals surface area contributed by atoms with Crippen molar-refractivity contribution in [1.82, 2.24) is 9.97 Å². The maximum absolute atomic E-state index is 11.5. The minimum Gasteiger partial charge on any atom is -0.465 e. The van der Waals surface area contributed by atoms with Gasteiger partial charge in [-0.2, -0.15) is 0 Å². The van der Waals surface area contributed by atoms with Crippen LogP contribution in [0, 0.1) is 0 Å². The molecule has 1 atom stereocenters. The normalized spacial score (nSPS) is 11.9. The molecule has 0 aliphatic heterocycles. The smallest absolute Gasteiger partial charge is 0.337 e. The summed E-state index contributed by atoms with van der Waals surface area (Å²) in [5.41, 5.74) is 3.36. The van der Waals surface area contributed by atoms with E-state index in [1.54, 1.807) is 24.7 Å². The second-order valence-electron chi connectivity index (χ2n) is 5.41. The number of hydrogen-bond acceptors (Lipinski definition) is 4. The number of aromatic nitrogens is 2.